The molecule has 1 N–H and O–H groups in total. The van der Waals surface area contributed by atoms with Gasteiger partial charge in [0.1, 0.15) is 11.6 Å². The molecule has 0 aliphatic carbocycles. The van der Waals surface area contributed by atoms with Crippen LogP contribution in [0.2, 0.25) is 0 Å². The first-order valence-corrected chi connectivity index (χ1v) is 9.50. The number of benzene rings is 2. The summed E-state index contributed by atoms with van der Waals surface area (Å²) in [6, 6.07) is 11.0. The number of imide groups is 1. The summed E-state index contributed by atoms with van der Waals surface area (Å²) in [5.41, 5.74) is 0.390. The summed E-state index contributed by atoms with van der Waals surface area (Å²) in [6.07, 6.45) is 1.45. The van der Waals surface area contributed by atoms with E-state index in [4.69, 9.17) is 0 Å². The summed E-state index contributed by atoms with van der Waals surface area (Å²) in [5, 5.41) is 1.95. The number of nitrogens with zero attached hydrogens (tertiary/aromatic N) is 1. The molecule has 2 aromatic rings. The van der Waals surface area contributed by atoms with Crippen LogP contribution in [0.5, 0.6) is 5.75 Å². The second-order valence-electron chi connectivity index (χ2n) is 6.02. The van der Waals surface area contributed by atoms with Gasteiger partial charge in [-0.15, -0.1) is 0 Å². The Morgan fingerprint density at radius 1 is 1.13 bits per heavy atom. The highest BCUT2D eigenvalue weighted by molar-refractivity contribution is 8.18. The van der Waals surface area contributed by atoms with Crippen LogP contribution >= 0.6 is 11.8 Å². The molecule has 0 aromatic heterocycles. The van der Waals surface area contributed by atoms with Crippen LogP contribution in [0, 0.1) is 5.82 Å². The Morgan fingerprint density at radius 2 is 1.83 bits per heavy atom. The third kappa shape index (κ3) is 5.20. The van der Waals surface area contributed by atoms with Crippen LogP contribution in [0.1, 0.15) is 15.9 Å². The van der Waals surface area contributed by atoms with E-state index in [2.05, 4.69) is 10.1 Å². The fraction of sp³-hybridized carbons (Fsp3) is 0.150. The molecule has 0 saturated carbocycles. The van der Waals surface area contributed by atoms with E-state index in [-0.39, 0.29) is 29.3 Å². The molecule has 2 aromatic carbocycles. The lowest BCUT2D eigenvalue weighted by Crippen LogP contribution is -2.37. The average molecular weight is 436 g/mol. The van der Waals surface area contributed by atoms with E-state index in [9.17, 15) is 27.6 Å². The maximum absolute atomic E-state index is 13.6. The quantitative estimate of drug-likeness (QED) is 0.667. The predicted octanol–water partition coefficient (Wildman–Crippen LogP) is 3.89. The molecule has 0 unspecified atom stereocenters. The van der Waals surface area contributed by atoms with Crippen molar-refractivity contribution in [1.82, 2.24) is 10.2 Å². The fourth-order valence-corrected chi connectivity index (χ4v) is 3.48. The summed E-state index contributed by atoms with van der Waals surface area (Å²) >= 11 is 0.724. The highest BCUT2D eigenvalue weighted by atomic mass is 32.2. The minimum absolute atomic E-state index is 0.0270. The van der Waals surface area contributed by atoms with Gasteiger partial charge in [0.15, 0.2) is 0 Å². The van der Waals surface area contributed by atoms with Gasteiger partial charge in [0.25, 0.3) is 17.1 Å². The summed E-state index contributed by atoms with van der Waals surface area (Å²) in [6.45, 7) is -3.06. The Hall–Kier alpha value is -3.27. The summed E-state index contributed by atoms with van der Waals surface area (Å²) in [4.78, 5) is 37.7. The molecule has 3 amide bonds. The third-order valence-electron chi connectivity index (χ3n) is 4.02. The number of thioether (sulfide) groups is 1. The maximum Gasteiger partial charge on any atom is 0.387 e. The minimum atomic E-state index is -2.94. The summed E-state index contributed by atoms with van der Waals surface area (Å²) in [7, 11) is 0. The zero-order chi connectivity index (χ0) is 21.7. The molecule has 156 valence electrons. The number of ether oxygens (including phenoxy) is 1. The van der Waals surface area contributed by atoms with Crippen LogP contribution in [-0.2, 0) is 4.79 Å². The van der Waals surface area contributed by atoms with Crippen molar-refractivity contribution in [3.8, 4) is 5.75 Å². The third-order valence-corrected chi connectivity index (χ3v) is 4.92. The van der Waals surface area contributed by atoms with Gasteiger partial charge in [0.2, 0.25) is 0 Å². The number of rotatable bonds is 7. The SMILES string of the molecule is O=C(NCCN1C(=O)S/C(=C\c2ccc(OC(F)F)cc2)C1=O)c1ccccc1F. The Labute approximate surface area is 173 Å². The van der Waals surface area contributed by atoms with E-state index in [0.29, 0.717) is 5.56 Å². The number of halogens is 3. The molecule has 1 fully saturated rings. The van der Waals surface area contributed by atoms with Crippen molar-refractivity contribution in [2.24, 2.45) is 0 Å². The standard InChI is InChI=1S/C20H15F3N2O4S/c21-15-4-2-1-3-14(15)17(26)24-9-10-25-18(27)16(30-20(25)28)11-12-5-7-13(8-6-12)29-19(22)23/h1-8,11,19H,9-10H2,(H,24,26)/b16-11-. The second kappa shape index (κ2) is 9.49. The minimum Gasteiger partial charge on any atom is -0.435 e. The van der Waals surface area contributed by atoms with Crippen molar-refractivity contribution in [3.63, 3.8) is 0 Å². The first-order chi connectivity index (χ1) is 14.3. The molecule has 0 bridgehead atoms. The normalized spacial score (nSPS) is 15.2. The van der Waals surface area contributed by atoms with Gasteiger partial charge in [0, 0.05) is 13.1 Å². The van der Waals surface area contributed by atoms with Crippen molar-refractivity contribution >= 4 is 34.9 Å². The van der Waals surface area contributed by atoms with Crippen molar-refractivity contribution in [2.75, 3.05) is 13.1 Å². The van der Waals surface area contributed by atoms with E-state index in [1.54, 1.807) is 0 Å². The van der Waals surface area contributed by atoms with E-state index >= 15 is 0 Å². The lowest BCUT2D eigenvalue weighted by atomic mass is 10.2. The van der Waals surface area contributed by atoms with Gasteiger partial charge >= 0.3 is 6.61 Å². The zero-order valence-electron chi connectivity index (χ0n) is 15.3. The molecule has 0 spiro atoms. The van der Waals surface area contributed by atoms with E-state index in [1.807, 2.05) is 0 Å². The number of hydrogen-bond acceptors (Lipinski definition) is 5. The summed E-state index contributed by atoms with van der Waals surface area (Å²) in [5.74, 6) is -1.89. The van der Waals surface area contributed by atoms with Gasteiger partial charge in [0.05, 0.1) is 10.5 Å². The summed E-state index contributed by atoms with van der Waals surface area (Å²) < 4.78 is 42.2. The second-order valence-corrected chi connectivity index (χ2v) is 7.01. The van der Waals surface area contributed by atoms with Gasteiger partial charge < -0.3 is 10.1 Å². The largest absolute Gasteiger partial charge is 0.435 e. The van der Waals surface area contributed by atoms with Crippen LogP contribution in [-0.4, -0.2) is 41.7 Å². The number of carbonyl (C=O) groups excluding carboxylic acids is 3. The van der Waals surface area contributed by atoms with Gasteiger partial charge in [-0.2, -0.15) is 8.78 Å². The van der Waals surface area contributed by atoms with Crippen molar-refractivity contribution in [1.29, 1.82) is 0 Å². The molecule has 1 heterocycles. The maximum atomic E-state index is 13.6. The molecule has 0 atom stereocenters. The lowest BCUT2D eigenvalue weighted by Gasteiger charge is -2.13. The molecule has 6 nitrogen and oxygen atoms in total. The highest BCUT2D eigenvalue weighted by Gasteiger charge is 2.34. The van der Waals surface area contributed by atoms with Crippen LogP contribution in [0.15, 0.2) is 53.4 Å². The molecule has 30 heavy (non-hydrogen) atoms. The number of alkyl halides is 2. The Bertz CT molecular complexity index is 996. The van der Waals surface area contributed by atoms with Crippen molar-refractivity contribution < 1.29 is 32.3 Å². The average Bonchev–Trinajstić information content (AvgIpc) is 2.96. The van der Waals surface area contributed by atoms with E-state index in [0.717, 1.165) is 22.7 Å². The predicted molar refractivity (Wildman–Crippen MR) is 104 cm³/mol. The zero-order valence-corrected chi connectivity index (χ0v) is 16.1. The molecule has 10 heteroatoms. The van der Waals surface area contributed by atoms with Gasteiger partial charge in [-0.05, 0) is 47.7 Å². The number of nitrogens with one attached hydrogen (secondary N) is 1. The van der Waals surface area contributed by atoms with Crippen LogP contribution in [0.25, 0.3) is 6.08 Å². The van der Waals surface area contributed by atoms with Crippen LogP contribution < -0.4 is 10.1 Å². The molecule has 1 aliphatic heterocycles. The highest BCUT2D eigenvalue weighted by Crippen LogP contribution is 2.32. The molecule has 0 radical (unpaired) electrons. The van der Waals surface area contributed by atoms with Gasteiger partial charge in [-0.1, -0.05) is 24.3 Å². The Kier molecular flexibility index (Phi) is 6.78. The number of hydrogen-bond donors (Lipinski definition) is 1. The molecule has 3 rings (SSSR count). The topological polar surface area (TPSA) is 75.7 Å². The Morgan fingerprint density at radius 3 is 2.50 bits per heavy atom. The monoisotopic (exact) mass is 436 g/mol. The van der Waals surface area contributed by atoms with Gasteiger partial charge in [-0.25, -0.2) is 4.39 Å². The fourth-order valence-electron chi connectivity index (χ4n) is 2.61. The first kappa shape index (κ1) is 21.4. The smallest absolute Gasteiger partial charge is 0.387 e. The first-order valence-electron chi connectivity index (χ1n) is 8.68. The Balaban J connectivity index is 1.58. The lowest BCUT2D eigenvalue weighted by molar-refractivity contribution is -0.122. The van der Waals surface area contributed by atoms with Crippen LogP contribution in [0.4, 0.5) is 18.0 Å². The molecule has 1 saturated heterocycles. The molecular weight excluding hydrogens is 421 g/mol. The number of amides is 3. The van der Waals surface area contributed by atoms with Crippen molar-refractivity contribution in [2.45, 2.75) is 6.61 Å². The molecular formula is C20H15F3N2O4S. The number of carbonyl (C=O) groups is 3. The van der Waals surface area contributed by atoms with Crippen LogP contribution in [0.3, 0.4) is 0 Å². The molecule has 1 aliphatic rings. The van der Waals surface area contributed by atoms with E-state index < -0.39 is 29.5 Å². The van der Waals surface area contributed by atoms with Crippen molar-refractivity contribution in [3.05, 3.63) is 70.4 Å². The van der Waals surface area contributed by atoms with Gasteiger partial charge in [-0.3, -0.25) is 19.3 Å². The van der Waals surface area contributed by atoms with E-state index in [1.165, 1.54) is 48.5 Å².